The van der Waals surface area contributed by atoms with Gasteiger partial charge in [0.25, 0.3) is 0 Å². The first kappa shape index (κ1) is 12.8. The normalized spacial score (nSPS) is 20.7. The van der Waals surface area contributed by atoms with Crippen molar-refractivity contribution in [1.29, 1.82) is 5.41 Å². The van der Waals surface area contributed by atoms with Crippen molar-refractivity contribution < 1.29 is 0 Å². The van der Waals surface area contributed by atoms with Crippen LogP contribution in [0.5, 0.6) is 0 Å². The van der Waals surface area contributed by atoms with Crippen LogP contribution in [0.1, 0.15) is 18.4 Å². The largest absolute Gasteiger partial charge is 0.384 e. The molecule has 0 amide bonds. The maximum absolute atomic E-state index is 7.64. The minimum atomic E-state index is 0.100. The minimum Gasteiger partial charge on any atom is -0.384 e. The van der Waals surface area contributed by atoms with Gasteiger partial charge in [-0.3, -0.25) is 10.4 Å². The molecule has 1 fully saturated rings. The van der Waals surface area contributed by atoms with Crippen molar-refractivity contribution in [3.8, 4) is 0 Å². The Morgan fingerprint density at radius 2 is 2.39 bits per heavy atom. The molecule has 0 spiro atoms. The minimum absolute atomic E-state index is 0.100. The first-order valence-corrected chi connectivity index (χ1v) is 6.29. The molecule has 1 aromatic rings. The number of hydrogen-bond acceptors (Lipinski definition) is 4. The highest BCUT2D eigenvalue weighted by Gasteiger charge is 2.23. The van der Waals surface area contributed by atoms with Crippen molar-refractivity contribution in [3.63, 3.8) is 0 Å². The van der Waals surface area contributed by atoms with E-state index in [1.54, 1.807) is 18.5 Å². The zero-order valence-electron chi connectivity index (χ0n) is 11.1. The molecule has 2 heterocycles. The molecule has 1 aliphatic heterocycles. The summed E-state index contributed by atoms with van der Waals surface area (Å²) in [5.41, 5.74) is 7.34. The number of rotatable bonds is 3. The van der Waals surface area contributed by atoms with Crippen molar-refractivity contribution in [1.82, 2.24) is 9.88 Å². The molecule has 2 rings (SSSR count). The molecule has 98 valence electrons. The van der Waals surface area contributed by atoms with Gasteiger partial charge in [-0.1, -0.05) is 0 Å². The van der Waals surface area contributed by atoms with E-state index in [4.69, 9.17) is 11.1 Å². The number of likely N-dealkylation sites (N-methyl/N-ethyl adjacent to an activating group) is 2. The second-order valence-corrected chi connectivity index (χ2v) is 4.98. The molecule has 1 aliphatic rings. The third kappa shape index (κ3) is 2.61. The van der Waals surface area contributed by atoms with Gasteiger partial charge in [-0.25, -0.2) is 0 Å². The van der Waals surface area contributed by atoms with Gasteiger partial charge in [-0.15, -0.1) is 0 Å². The topological polar surface area (TPSA) is 69.2 Å². The molecule has 3 N–H and O–H groups in total. The molecule has 1 atom stereocenters. The van der Waals surface area contributed by atoms with Crippen LogP contribution in [0.15, 0.2) is 18.5 Å². The van der Waals surface area contributed by atoms with Crippen molar-refractivity contribution >= 4 is 11.5 Å². The molecular weight excluding hydrogens is 226 g/mol. The Labute approximate surface area is 108 Å². The summed E-state index contributed by atoms with van der Waals surface area (Å²) in [5.74, 6) is 0.100. The van der Waals surface area contributed by atoms with Crippen LogP contribution in [0.4, 0.5) is 5.69 Å². The smallest absolute Gasteiger partial charge is 0.125 e. The van der Waals surface area contributed by atoms with E-state index < -0.39 is 0 Å². The highest BCUT2D eigenvalue weighted by atomic mass is 15.2. The third-order valence-corrected chi connectivity index (χ3v) is 3.62. The van der Waals surface area contributed by atoms with Crippen LogP contribution < -0.4 is 10.6 Å². The van der Waals surface area contributed by atoms with Crippen molar-refractivity contribution in [3.05, 3.63) is 24.0 Å². The second-order valence-electron chi connectivity index (χ2n) is 4.98. The molecule has 1 saturated heterocycles. The van der Waals surface area contributed by atoms with E-state index >= 15 is 0 Å². The van der Waals surface area contributed by atoms with Crippen LogP contribution >= 0.6 is 0 Å². The number of likely N-dealkylation sites (tertiary alicyclic amines) is 1. The van der Waals surface area contributed by atoms with Crippen molar-refractivity contribution in [2.24, 2.45) is 5.73 Å². The molecular formula is C13H21N5. The fraction of sp³-hybridized carbons (Fsp3) is 0.538. The monoisotopic (exact) mass is 247 g/mol. The lowest BCUT2D eigenvalue weighted by atomic mass is 10.0. The molecule has 0 bridgehead atoms. The van der Waals surface area contributed by atoms with Crippen LogP contribution in [-0.2, 0) is 0 Å². The number of amidine groups is 1. The van der Waals surface area contributed by atoms with E-state index in [2.05, 4.69) is 28.9 Å². The fourth-order valence-corrected chi connectivity index (χ4v) is 2.55. The van der Waals surface area contributed by atoms with Gasteiger partial charge < -0.3 is 15.5 Å². The van der Waals surface area contributed by atoms with Gasteiger partial charge in [0, 0.05) is 31.4 Å². The molecule has 5 heteroatoms. The van der Waals surface area contributed by atoms with E-state index in [0.29, 0.717) is 6.04 Å². The van der Waals surface area contributed by atoms with E-state index in [-0.39, 0.29) is 5.84 Å². The summed E-state index contributed by atoms with van der Waals surface area (Å²) in [6, 6.07) is 2.27. The molecule has 0 saturated carbocycles. The Kier molecular flexibility index (Phi) is 3.81. The molecule has 5 nitrogen and oxygen atoms in total. The molecule has 0 aromatic carbocycles. The van der Waals surface area contributed by atoms with Gasteiger partial charge in [-0.2, -0.15) is 0 Å². The van der Waals surface area contributed by atoms with Crippen LogP contribution in [0.2, 0.25) is 0 Å². The number of nitrogen functional groups attached to an aromatic ring is 1. The Hall–Kier alpha value is -1.62. The summed E-state index contributed by atoms with van der Waals surface area (Å²) in [4.78, 5) is 8.70. The van der Waals surface area contributed by atoms with Gasteiger partial charge in [0.1, 0.15) is 5.84 Å². The number of aromatic nitrogens is 1. The average molecular weight is 247 g/mol. The average Bonchev–Trinajstić information content (AvgIpc) is 2.38. The van der Waals surface area contributed by atoms with Crippen LogP contribution in [0.3, 0.4) is 0 Å². The van der Waals surface area contributed by atoms with Crippen molar-refractivity contribution in [2.45, 2.75) is 18.9 Å². The summed E-state index contributed by atoms with van der Waals surface area (Å²) in [5, 5.41) is 7.64. The Balaban J connectivity index is 2.22. The number of hydrogen-bond donors (Lipinski definition) is 2. The van der Waals surface area contributed by atoms with E-state index in [1.165, 1.54) is 12.8 Å². The highest BCUT2D eigenvalue weighted by Crippen LogP contribution is 2.23. The molecule has 18 heavy (non-hydrogen) atoms. The fourth-order valence-electron chi connectivity index (χ4n) is 2.55. The van der Waals surface area contributed by atoms with Crippen LogP contribution in [-0.4, -0.2) is 48.9 Å². The number of anilines is 1. The lowest BCUT2D eigenvalue weighted by Gasteiger charge is -2.37. The summed E-state index contributed by atoms with van der Waals surface area (Å²) < 4.78 is 0. The lowest BCUT2D eigenvalue weighted by Crippen LogP contribution is -2.45. The number of nitrogens with zero attached hydrogens (tertiary/aromatic N) is 3. The van der Waals surface area contributed by atoms with Crippen LogP contribution in [0, 0.1) is 5.41 Å². The summed E-state index contributed by atoms with van der Waals surface area (Å²) in [7, 11) is 4.21. The summed E-state index contributed by atoms with van der Waals surface area (Å²) in [6.07, 6.45) is 5.86. The SMILES string of the molecule is CN1CCCC(N(C)c2cnccc2C(=N)N)C1. The maximum atomic E-state index is 7.64. The predicted octanol–water partition coefficient (Wildman–Crippen LogP) is 0.896. The predicted molar refractivity (Wildman–Crippen MR) is 74.2 cm³/mol. The van der Waals surface area contributed by atoms with Gasteiger partial charge in [0.15, 0.2) is 0 Å². The van der Waals surface area contributed by atoms with Gasteiger partial charge in [0.2, 0.25) is 0 Å². The van der Waals surface area contributed by atoms with E-state index in [9.17, 15) is 0 Å². The van der Waals surface area contributed by atoms with Gasteiger partial charge in [0.05, 0.1) is 11.9 Å². The van der Waals surface area contributed by atoms with Crippen LogP contribution in [0.25, 0.3) is 0 Å². The highest BCUT2D eigenvalue weighted by molar-refractivity contribution is 6.00. The zero-order valence-corrected chi connectivity index (χ0v) is 11.1. The molecule has 0 radical (unpaired) electrons. The molecule has 1 aromatic heterocycles. The first-order chi connectivity index (χ1) is 8.59. The van der Waals surface area contributed by atoms with E-state index in [0.717, 1.165) is 24.3 Å². The first-order valence-electron chi connectivity index (χ1n) is 6.29. The zero-order chi connectivity index (χ0) is 13.1. The lowest BCUT2D eigenvalue weighted by molar-refractivity contribution is 0.248. The standard InChI is InChI=1S/C13H21N5/c1-17-7-3-4-10(9-17)18(2)12-8-16-6-5-11(12)13(14)15/h5-6,8,10H,3-4,7,9H2,1-2H3,(H3,14,15). The third-order valence-electron chi connectivity index (χ3n) is 3.62. The van der Waals surface area contributed by atoms with E-state index in [1.807, 2.05) is 0 Å². The number of piperidine rings is 1. The van der Waals surface area contributed by atoms with Gasteiger partial charge >= 0.3 is 0 Å². The number of nitrogens with two attached hydrogens (primary N) is 1. The molecule has 1 unspecified atom stereocenters. The molecule has 0 aliphatic carbocycles. The van der Waals surface area contributed by atoms with Crippen molar-refractivity contribution in [2.75, 3.05) is 32.1 Å². The Morgan fingerprint density at radius 1 is 1.61 bits per heavy atom. The second kappa shape index (κ2) is 5.35. The Bertz CT molecular complexity index is 431. The number of nitrogens with one attached hydrogen (secondary N) is 1. The Morgan fingerprint density at radius 3 is 3.06 bits per heavy atom. The maximum Gasteiger partial charge on any atom is 0.125 e. The van der Waals surface area contributed by atoms with Gasteiger partial charge in [-0.05, 0) is 32.5 Å². The number of pyridine rings is 1. The summed E-state index contributed by atoms with van der Waals surface area (Å²) >= 11 is 0. The summed E-state index contributed by atoms with van der Waals surface area (Å²) in [6.45, 7) is 2.21. The quantitative estimate of drug-likeness (QED) is 0.615.